The minimum absolute atomic E-state index is 0.0944. The number of nitrogen functional groups attached to an aromatic ring is 1. The Morgan fingerprint density at radius 2 is 2.09 bits per heavy atom. The predicted octanol–water partition coefficient (Wildman–Crippen LogP) is -1.74. The van der Waals surface area contributed by atoms with Gasteiger partial charge < -0.3 is 36.1 Å². The molecule has 0 unspecified atom stereocenters. The van der Waals surface area contributed by atoms with Gasteiger partial charge in [0.05, 0.1) is 12.0 Å². The van der Waals surface area contributed by atoms with Crippen LogP contribution in [-0.2, 0) is 4.74 Å². The average Bonchev–Trinajstić information content (AvgIpc) is 3.00. The molecule has 3 rings (SSSR count). The van der Waals surface area contributed by atoms with E-state index in [0.29, 0.717) is 16.6 Å². The van der Waals surface area contributed by atoms with E-state index in [4.69, 9.17) is 28.4 Å². The fourth-order valence-electron chi connectivity index (χ4n) is 2.60. The second-order valence-corrected chi connectivity index (χ2v) is 5.44. The van der Waals surface area contributed by atoms with Crippen molar-refractivity contribution in [3.8, 4) is 0 Å². The van der Waals surface area contributed by atoms with Crippen LogP contribution in [0.15, 0.2) is 12.5 Å². The average molecular weight is 325 g/mol. The van der Waals surface area contributed by atoms with E-state index >= 15 is 0 Å². The van der Waals surface area contributed by atoms with E-state index in [9.17, 15) is 15.3 Å². The van der Waals surface area contributed by atoms with Gasteiger partial charge in [0.25, 0.3) is 0 Å². The predicted molar refractivity (Wildman–Crippen MR) is 80.8 cm³/mol. The van der Waals surface area contributed by atoms with Crippen molar-refractivity contribution in [3.63, 3.8) is 0 Å². The van der Waals surface area contributed by atoms with Gasteiger partial charge in [-0.2, -0.15) is 0 Å². The van der Waals surface area contributed by atoms with Gasteiger partial charge in [0.15, 0.2) is 6.23 Å². The van der Waals surface area contributed by atoms with Gasteiger partial charge in [-0.15, -0.1) is 0 Å². The van der Waals surface area contributed by atoms with Crippen molar-refractivity contribution in [2.45, 2.75) is 24.5 Å². The van der Waals surface area contributed by atoms with Crippen molar-refractivity contribution in [1.82, 2.24) is 14.5 Å². The molecule has 2 aromatic rings. The molecule has 0 aliphatic carbocycles. The zero-order valence-electron chi connectivity index (χ0n) is 11.3. The molecule has 0 amide bonds. The Labute approximate surface area is 130 Å². The Hall–Kier alpha value is -1.85. The molecule has 118 valence electrons. The molecule has 0 aromatic carbocycles. The van der Waals surface area contributed by atoms with Crippen LogP contribution in [-0.4, -0.2) is 59.8 Å². The van der Waals surface area contributed by atoms with E-state index in [-0.39, 0.29) is 10.8 Å². The molecule has 22 heavy (non-hydrogen) atoms. The number of nitrogens with zero attached hydrogens (tertiary/aromatic N) is 3. The molecule has 4 atom stereocenters. The maximum atomic E-state index is 10.1. The van der Waals surface area contributed by atoms with Crippen LogP contribution < -0.4 is 11.5 Å². The molecule has 1 saturated heterocycles. The topological polar surface area (TPSA) is 153 Å². The first-order chi connectivity index (χ1) is 10.5. The molecular formula is C12H15N5O4S. The molecule has 3 heterocycles. The lowest BCUT2D eigenvalue weighted by atomic mass is 10.1. The summed E-state index contributed by atoms with van der Waals surface area (Å²) in [5.74, 6) is 0.193. The van der Waals surface area contributed by atoms with Crippen molar-refractivity contribution in [3.05, 3.63) is 18.1 Å². The first kappa shape index (κ1) is 15.1. The molecule has 2 aromatic heterocycles. The Morgan fingerprint density at radius 3 is 2.68 bits per heavy atom. The fourth-order valence-corrected chi connectivity index (χ4v) is 2.75. The molecule has 9 nitrogen and oxygen atoms in total. The highest BCUT2D eigenvalue weighted by molar-refractivity contribution is 7.80. The van der Waals surface area contributed by atoms with Gasteiger partial charge in [-0.05, 0) is 0 Å². The van der Waals surface area contributed by atoms with Gasteiger partial charge in [0.1, 0.15) is 41.1 Å². The molecule has 0 radical (unpaired) electrons. The Bertz CT molecular complexity index is 736. The summed E-state index contributed by atoms with van der Waals surface area (Å²) in [5, 5.41) is 29.6. The monoisotopic (exact) mass is 325 g/mol. The summed E-state index contributed by atoms with van der Waals surface area (Å²) >= 11 is 5.00. The SMILES string of the molecule is NC(=S)c1cn([C@@H]2O[C@H](CO)[C@@H](O)[C@H]2O)c2ncnc(N)c12. The highest BCUT2D eigenvalue weighted by atomic mass is 32.1. The zero-order valence-corrected chi connectivity index (χ0v) is 12.1. The van der Waals surface area contributed by atoms with Crippen LogP contribution in [0.1, 0.15) is 11.8 Å². The standard InChI is InChI=1S/C12H15N5O4S/c13-9-6-4(10(14)22)1-17(11(6)16-3-15-9)12-8(20)7(19)5(2-18)21-12/h1,3,5,7-8,12,18-20H,2H2,(H2,14,22)(H2,13,15,16)/t5-,7-,8-,12-/m1/s1. The molecule has 1 fully saturated rings. The summed E-state index contributed by atoms with van der Waals surface area (Å²) in [5.41, 5.74) is 12.4. The van der Waals surface area contributed by atoms with Crippen LogP contribution in [0.25, 0.3) is 11.0 Å². The third-order valence-corrected chi connectivity index (χ3v) is 3.92. The lowest BCUT2D eigenvalue weighted by molar-refractivity contribution is -0.0508. The third-order valence-electron chi connectivity index (χ3n) is 3.70. The zero-order chi connectivity index (χ0) is 16.0. The molecule has 0 saturated carbocycles. The molecular weight excluding hydrogens is 310 g/mol. The molecule has 0 bridgehead atoms. The van der Waals surface area contributed by atoms with Crippen molar-refractivity contribution in [1.29, 1.82) is 0 Å². The number of rotatable bonds is 3. The van der Waals surface area contributed by atoms with Gasteiger partial charge in [0.2, 0.25) is 0 Å². The third kappa shape index (κ3) is 2.12. The number of aromatic nitrogens is 3. The maximum Gasteiger partial charge on any atom is 0.164 e. The second kappa shape index (κ2) is 5.41. The van der Waals surface area contributed by atoms with Crippen LogP contribution in [0.5, 0.6) is 0 Å². The van der Waals surface area contributed by atoms with Crippen LogP contribution in [0.4, 0.5) is 5.82 Å². The first-order valence-corrected chi connectivity index (χ1v) is 6.89. The summed E-state index contributed by atoms with van der Waals surface area (Å²) in [7, 11) is 0. The largest absolute Gasteiger partial charge is 0.394 e. The molecule has 1 aliphatic rings. The highest BCUT2D eigenvalue weighted by Crippen LogP contribution is 2.34. The minimum atomic E-state index is -1.25. The number of ether oxygens (including phenoxy) is 1. The van der Waals surface area contributed by atoms with E-state index in [1.165, 1.54) is 10.9 Å². The Balaban J connectivity index is 2.16. The molecule has 10 heteroatoms. The van der Waals surface area contributed by atoms with Crippen LogP contribution in [0.2, 0.25) is 0 Å². The lowest BCUT2D eigenvalue weighted by Crippen LogP contribution is -2.33. The lowest BCUT2D eigenvalue weighted by Gasteiger charge is -2.17. The van der Waals surface area contributed by atoms with Crippen LogP contribution in [0.3, 0.4) is 0 Å². The summed E-state index contributed by atoms with van der Waals surface area (Å²) in [6, 6.07) is 0. The number of hydrogen-bond donors (Lipinski definition) is 5. The van der Waals surface area contributed by atoms with Crippen molar-refractivity contribution in [2.75, 3.05) is 12.3 Å². The summed E-state index contributed by atoms with van der Waals surface area (Å²) < 4.78 is 6.97. The summed E-state index contributed by atoms with van der Waals surface area (Å²) in [6.07, 6.45) is -1.52. The Morgan fingerprint density at radius 1 is 1.36 bits per heavy atom. The summed E-state index contributed by atoms with van der Waals surface area (Å²) in [4.78, 5) is 8.12. The molecule has 0 spiro atoms. The fraction of sp³-hybridized carbons (Fsp3) is 0.417. The van der Waals surface area contributed by atoms with E-state index in [1.54, 1.807) is 6.20 Å². The number of aliphatic hydroxyl groups excluding tert-OH is 3. The number of hydrogen-bond acceptors (Lipinski definition) is 8. The first-order valence-electron chi connectivity index (χ1n) is 6.49. The van der Waals surface area contributed by atoms with Gasteiger partial charge in [0, 0.05) is 11.8 Å². The van der Waals surface area contributed by atoms with E-state index in [2.05, 4.69) is 9.97 Å². The quantitative estimate of drug-likeness (QED) is 0.414. The smallest absolute Gasteiger partial charge is 0.164 e. The number of aliphatic hydroxyl groups is 3. The summed E-state index contributed by atoms with van der Waals surface area (Å²) in [6.45, 7) is -0.423. The minimum Gasteiger partial charge on any atom is -0.394 e. The highest BCUT2D eigenvalue weighted by Gasteiger charge is 2.44. The van der Waals surface area contributed by atoms with Crippen LogP contribution in [0, 0.1) is 0 Å². The number of thiocarbonyl (C=S) groups is 1. The normalized spacial score (nSPS) is 28.3. The van der Waals surface area contributed by atoms with E-state index < -0.39 is 31.1 Å². The van der Waals surface area contributed by atoms with Gasteiger partial charge in [-0.1, -0.05) is 12.2 Å². The van der Waals surface area contributed by atoms with E-state index in [0.717, 1.165) is 0 Å². The Kier molecular flexibility index (Phi) is 3.70. The second-order valence-electron chi connectivity index (χ2n) is 5.00. The van der Waals surface area contributed by atoms with Crippen molar-refractivity contribution < 1.29 is 20.1 Å². The number of nitrogens with two attached hydrogens (primary N) is 2. The molecule has 1 aliphatic heterocycles. The number of anilines is 1. The van der Waals surface area contributed by atoms with Gasteiger partial charge in [-0.3, -0.25) is 0 Å². The van der Waals surface area contributed by atoms with Gasteiger partial charge in [-0.25, -0.2) is 9.97 Å². The van der Waals surface area contributed by atoms with E-state index in [1.807, 2.05) is 0 Å². The number of fused-ring (bicyclic) bond motifs is 1. The molecule has 7 N–H and O–H groups in total. The van der Waals surface area contributed by atoms with Gasteiger partial charge >= 0.3 is 0 Å². The van der Waals surface area contributed by atoms with Crippen molar-refractivity contribution in [2.24, 2.45) is 5.73 Å². The van der Waals surface area contributed by atoms with Crippen LogP contribution >= 0.6 is 12.2 Å². The maximum absolute atomic E-state index is 10.1. The van der Waals surface area contributed by atoms with Crippen molar-refractivity contribution >= 4 is 34.1 Å².